The Morgan fingerprint density at radius 3 is 2.27 bits per heavy atom. The number of amides is 1. The van der Waals surface area contributed by atoms with Gasteiger partial charge in [-0.25, -0.2) is 5.43 Å². The number of unbranched alkanes of at least 4 members (excludes halogenated alkanes) is 4. The molecular weight excluding hydrogens is 372 g/mol. The van der Waals surface area contributed by atoms with Gasteiger partial charge in [-0.15, -0.1) is 0 Å². The summed E-state index contributed by atoms with van der Waals surface area (Å²) < 4.78 is 0. The highest BCUT2D eigenvalue weighted by Gasteiger charge is 2.08. The molecule has 30 heavy (non-hydrogen) atoms. The number of carbonyl (C=O) groups excluding carboxylic acids is 1. The van der Waals surface area contributed by atoms with E-state index in [1.165, 1.54) is 19.3 Å². The molecule has 0 aromatic heterocycles. The van der Waals surface area contributed by atoms with Crippen LogP contribution in [-0.4, -0.2) is 23.3 Å². The van der Waals surface area contributed by atoms with Crippen LogP contribution in [0.15, 0.2) is 59.7 Å². The maximum atomic E-state index is 12.1. The summed E-state index contributed by atoms with van der Waals surface area (Å²) in [4.78, 5) is 12.1. The summed E-state index contributed by atoms with van der Waals surface area (Å²) in [6.45, 7) is 2.19. The average Bonchev–Trinajstić information content (AvgIpc) is 2.77. The standard InChI is InChI=1S/C26H32N2O2/c1-2-3-4-5-6-13-22(29)16-17-26(30)28-27-19-25-23-14-9-7-11-20(23)18-21-12-8-10-15-24(21)25/h7-12,14-15,18-19,22,29H,2-6,13,16-17H2,1H3,(H,28,30)/b27-19-/t22-/m0/s1. The van der Waals surface area contributed by atoms with Crippen molar-refractivity contribution < 1.29 is 9.90 Å². The van der Waals surface area contributed by atoms with Crippen molar-refractivity contribution >= 4 is 33.7 Å². The summed E-state index contributed by atoms with van der Waals surface area (Å²) in [6, 6.07) is 18.5. The van der Waals surface area contributed by atoms with Crippen molar-refractivity contribution in [2.24, 2.45) is 5.10 Å². The van der Waals surface area contributed by atoms with Gasteiger partial charge < -0.3 is 5.11 Å². The summed E-state index contributed by atoms with van der Waals surface area (Å²) in [6.07, 6.45) is 8.71. The smallest absolute Gasteiger partial charge is 0.240 e. The van der Waals surface area contributed by atoms with Gasteiger partial charge >= 0.3 is 0 Å². The molecule has 0 saturated heterocycles. The van der Waals surface area contributed by atoms with E-state index < -0.39 is 6.10 Å². The Bertz CT molecular complexity index is 943. The van der Waals surface area contributed by atoms with Gasteiger partial charge in [-0.2, -0.15) is 5.10 Å². The quantitative estimate of drug-likeness (QED) is 0.180. The zero-order valence-electron chi connectivity index (χ0n) is 17.8. The van der Waals surface area contributed by atoms with Crippen LogP contribution in [0.1, 0.15) is 63.9 Å². The fourth-order valence-electron chi connectivity index (χ4n) is 3.84. The SMILES string of the molecule is CCCCCCC[C@H](O)CCC(=O)N/N=C\c1c2ccccc2cc2ccccc12. The van der Waals surface area contributed by atoms with Crippen LogP contribution < -0.4 is 5.43 Å². The maximum absolute atomic E-state index is 12.1. The van der Waals surface area contributed by atoms with Crippen LogP contribution in [0, 0.1) is 0 Å². The molecule has 4 heteroatoms. The number of aliphatic hydroxyl groups excluding tert-OH is 1. The summed E-state index contributed by atoms with van der Waals surface area (Å²) in [5.74, 6) is -0.166. The Hall–Kier alpha value is -2.72. The van der Waals surface area contributed by atoms with Gasteiger partial charge in [0.05, 0.1) is 12.3 Å². The van der Waals surface area contributed by atoms with Gasteiger partial charge in [-0.3, -0.25) is 4.79 Å². The molecule has 1 amide bonds. The second-order valence-electron chi connectivity index (χ2n) is 7.92. The summed E-state index contributed by atoms with van der Waals surface area (Å²) in [5, 5.41) is 18.8. The fraction of sp³-hybridized carbons (Fsp3) is 0.385. The lowest BCUT2D eigenvalue weighted by molar-refractivity contribution is -0.121. The molecule has 4 nitrogen and oxygen atoms in total. The van der Waals surface area contributed by atoms with Crippen LogP contribution in [0.2, 0.25) is 0 Å². The van der Waals surface area contributed by atoms with Crippen molar-refractivity contribution in [2.75, 3.05) is 0 Å². The number of nitrogens with zero attached hydrogens (tertiary/aromatic N) is 1. The number of aliphatic hydroxyl groups is 1. The van der Waals surface area contributed by atoms with Gasteiger partial charge in [-0.1, -0.05) is 87.6 Å². The first kappa shape index (κ1) is 22.0. The number of carbonyl (C=O) groups is 1. The van der Waals surface area contributed by atoms with E-state index in [4.69, 9.17) is 0 Å². The monoisotopic (exact) mass is 404 g/mol. The Labute approximate surface area is 179 Å². The number of nitrogens with one attached hydrogen (secondary N) is 1. The molecule has 0 unspecified atom stereocenters. The van der Waals surface area contributed by atoms with Gasteiger partial charge in [0.15, 0.2) is 0 Å². The van der Waals surface area contributed by atoms with Gasteiger partial charge in [0.2, 0.25) is 5.91 Å². The van der Waals surface area contributed by atoms with E-state index in [1.807, 2.05) is 24.3 Å². The van der Waals surface area contributed by atoms with Crippen LogP contribution in [0.5, 0.6) is 0 Å². The van der Waals surface area contributed by atoms with E-state index in [9.17, 15) is 9.90 Å². The average molecular weight is 405 g/mol. The first-order valence-corrected chi connectivity index (χ1v) is 11.1. The molecule has 2 N–H and O–H groups in total. The molecule has 1 atom stereocenters. The summed E-state index contributed by atoms with van der Waals surface area (Å²) in [7, 11) is 0. The Balaban J connectivity index is 1.56. The third-order valence-corrected chi connectivity index (χ3v) is 5.54. The molecule has 0 aliphatic rings. The fourth-order valence-corrected chi connectivity index (χ4v) is 3.84. The molecule has 0 radical (unpaired) electrons. The van der Waals surface area contributed by atoms with Crippen LogP contribution in [0.25, 0.3) is 21.5 Å². The highest BCUT2D eigenvalue weighted by atomic mass is 16.3. The Kier molecular flexibility index (Phi) is 8.40. The predicted octanol–water partition coefficient (Wildman–Crippen LogP) is 5.94. The van der Waals surface area contributed by atoms with Crippen molar-refractivity contribution in [3.8, 4) is 0 Å². The van der Waals surface area contributed by atoms with E-state index in [0.29, 0.717) is 6.42 Å². The number of rotatable bonds is 11. The van der Waals surface area contributed by atoms with Crippen LogP contribution in [0.4, 0.5) is 0 Å². The van der Waals surface area contributed by atoms with Crippen LogP contribution in [-0.2, 0) is 4.79 Å². The number of fused-ring (bicyclic) bond motifs is 2. The van der Waals surface area contributed by atoms with Crippen molar-refractivity contribution in [1.29, 1.82) is 0 Å². The van der Waals surface area contributed by atoms with E-state index in [1.54, 1.807) is 6.21 Å². The minimum absolute atomic E-state index is 0.166. The van der Waals surface area contributed by atoms with Crippen molar-refractivity contribution in [3.05, 3.63) is 60.2 Å². The minimum Gasteiger partial charge on any atom is -0.393 e. The molecule has 3 aromatic carbocycles. The molecule has 0 aliphatic heterocycles. The summed E-state index contributed by atoms with van der Waals surface area (Å²) in [5.41, 5.74) is 3.62. The third kappa shape index (κ3) is 6.14. The first-order valence-electron chi connectivity index (χ1n) is 11.1. The largest absolute Gasteiger partial charge is 0.393 e. The summed E-state index contributed by atoms with van der Waals surface area (Å²) >= 11 is 0. The Morgan fingerprint density at radius 1 is 0.967 bits per heavy atom. The molecule has 3 rings (SSSR count). The lowest BCUT2D eigenvalue weighted by atomic mass is 9.97. The molecule has 0 heterocycles. The topological polar surface area (TPSA) is 61.7 Å². The van der Waals surface area contributed by atoms with Crippen molar-refractivity contribution in [2.45, 2.75) is 64.4 Å². The van der Waals surface area contributed by atoms with E-state index in [2.05, 4.69) is 47.8 Å². The Morgan fingerprint density at radius 2 is 1.60 bits per heavy atom. The highest BCUT2D eigenvalue weighted by Crippen LogP contribution is 2.27. The van der Waals surface area contributed by atoms with E-state index in [-0.39, 0.29) is 12.3 Å². The molecule has 158 valence electrons. The number of benzene rings is 3. The molecule has 0 aliphatic carbocycles. The van der Waals surface area contributed by atoms with Gasteiger partial charge in [0.1, 0.15) is 0 Å². The number of hydrogen-bond acceptors (Lipinski definition) is 3. The predicted molar refractivity (Wildman–Crippen MR) is 126 cm³/mol. The third-order valence-electron chi connectivity index (χ3n) is 5.54. The highest BCUT2D eigenvalue weighted by molar-refractivity contribution is 6.13. The molecule has 0 bridgehead atoms. The van der Waals surface area contributed by atoms with Crippen molar-refractivity contribution in [3.63, 3.8) is 0 Å². The van der Waals surface area contributed by atoms with Crippen LogP contribution >= 0.6 is 0 Å². The van der Waals surface area contributed by atoms with E-state index in [0.717, 1.165) is 46.4 Å². The van der Waals surface area contributed by atoms with Crippen LogP contribution in [0.3, 0.4) is 0 Å². The second kappa shape index (κ2) is 11.5. The zero-order chi connectivity index (χ0) is 21.2. The van der Waals surface area contributed by atoms with Gasteiger partial charge in [-0.05, 0) is 40.5 Å². The normalized spacial score (nSPS) is 12.6. The number of hydrazone groups is 1. The minimum atomic E-state index is -0.414. The molecule has 0 spiro atoms. The first-order chi connectivity index (χ1) is 14.7. The zero-order valence-corrected chi connectivity index (χ0v) is 17.8. The number of hydrogen-bond donors (Lipinski definition) is 2. The lowest BCUT2D eigenvalue weighted by Gasteiger charge is -2.10. The molecule has 0 saturated carbocycles. The second-order valence-corrected chi connectivity index (χ2v) is 7.92. The van der Waals surface area contributed by atoms with E-state index >= 15 is 0 Å². The molecule has 3 aromatic rings. The lowest BCUT2D eigenvalue weighted by Crippen LogP contribution is -2.19. The van der Waals surface area contributed by atoms with Crippen molar-refractivity contribution in [1.82, 2.24) is 5.43 Å². The van der Waals surface area contributed by atoms with Gasteiger partial charge in [0, 0.05) is 12.0 Å². The maximum Gasteiger partial charge on any atom is 0.240 e. The van der Waals surface area contributed by atoms with Gasteiger partial charge in [0.25, 0.3) is 0 Å². The molecule has 0 fully saturated rings. The molecular formula is C26H32N2O2.